The number of fused-ring (bicyclic) bond motifs is 2. The van der Waals surface area contributed by atoms with Crippen molar-refractivity contribution in [2.24, 2.45) is 23.6 Å². The molecule has 0 aliphatic heterocycles. The number of hydrazine groups is 1. The molecule has 2 aliphatic carbocycles. The summed E-state index contributed by atoms with van der Waals surface area (Å²) in [6.07, 6.45) is 5.52. The maximum absolute atomic E-state index is 5.88. The van der Waals surface area contributed by atoms with E-state index in [0.29, 0.717) is 12.5 Å². The molecule has 104 valence electrons. The monoisotopic (exact) mass is 260 g/mol. The highest BCUT2D eigenvalue weighted by Gasteiger charge is 2.43. The van der Waals surface area contributed by atoms with Gasteiger partial charge >= 0.3 is 0 Å². The molecule has 0 spiro atoms. The summed E-state index contributed by atoms with van der Waals surface area (Å²) >= 11 is 0. The SMILES string of the molecule is CCOc1ccccc1C(NN)C1CC2CCC1C2. The molecule has 4 atom stereocenters. The second-order valence-corrected chi connectivity index (χ2v) is 5.95. The van der Waals surface area contributed by atoms with Gasteiger partial charge < -0.3 is 4.74 Å². The van der Waals surface area contributed by atoms with Crippen LogP contribution in [-0.4, -0.2) is 6.61 Å². The summed E-state index contributed by atoms with van der Waals surface area (Å²) in [5, 5.41) is 0. The van der Waals surface area contributed by atoms with Gasteiger partial charge in [0.05, 0.1) is 12.6 Å². The van der Waals surface area contributed by atoms with Gasteiger partial charge in [0.1, 0.15) is 5.75 Å². The molecule has 2 saturated carbocycles. The van der Waals surface area contributed by atoms with Crippen molar-refractivity contribution in [1.82, 2.24) is 5.43 Å². The molecule has 0 radical (unpaired) electrons. The largest absolute Gasteiger partial charge is 0.494 e. The van der Waals surface area contributed by atoms with Gasteiger partial charge in [0, 0.05) is 5.56 Å². The van der Waals surface area contributed by atoms with Crippen molar-refractivity contribution in [3.63, 3.8) is 0 Å². The number of nitrogens with one attached hydrogen (secondary N) is 1. The molecular formula is C16H24N2O. The average Bonchev–Trinajstić information content (AvgIpc) is 3.04. The highest BCUT2D eigenvalue weighted by molar-refractivity contribution is 5.36. The van der Waals surface area contributed by atoms with E-state index in [4.69, 9.17) is 10.6 Å². The predicted molar refractivity (Wildman–Crippen MR) is 76.6 cm³/mol. The van der Waals surface area contributed by atoms with Crippen LogP contribution in [0.3, 0.4) is 0 Å². The summed E-state index contributed by atoms with van der Waals surface area (Å²) < 4.78 is 5.76. The highest BCUT2D eigenvalue weighted by atomic mass is 16.5. The maximum atomic E-state index is 5.88. The Morgan fingerprint density at radius 1 is 1.32 bits per heavy atom. The first-order valence-corrected chi connectivity index (χ1v) is 7.51. The van der Waals surface area contributed by atoms with Crippen LogP contribution >= 0.6 is 0 Å². The summed E-state index contributed by atoms with van der Waals surface area (Å²) in [7, 11) is 0. The van der Waals surface area contributed by atoms with E-state index in [1.807, 2.05) is 13.0 Å². The van der Waals surface area contributed by atoms with Crippen LogP contribution in [0.2, 0.25) is 0 Å². The Hall–Kier alpha value is -1.06. The van der Waals surface area contributed by atoms with Crippen LogP contribution in [0.4, 0.5) is 0 Å². The third-order valence-corrected chi connectivity index (χ3v) is 4.95. The number of rotatable bonds is 5. The molecule has 3 N–H and O–H groups in total. The number of ether oxygens (including phenoxy) is 1. The fourth-order valence-electron chi connectivity index (χ4n) is 4.17. The van der Waals surface area contributed by atoms with Crippen LogP contribution in [0, 0.1) is 17.8 Å². The van der Waals surface area contributed by atoms with Gasteiger partial charge in [-0.15, -0.1) is 0 Å². The van der Waals surface area contributed by atoms with Crippen LogP contribution in [0.25, 0.3) is 0 Å². The molecule has 19 heavy (non-hydrogen) atoms. The molecule has 2 bridgehead atoms. The molecule has 3 heteroatoms. The molecule has 4 unspecified atom stereocenters. The molecule has 2 fully saturated rings. The smallest absolute Gasteiger partial charge is 0.124 e. The minimum Gasteiger partial charge on any atom is -0.494 e. The van der Waals surface area contributed by atoms with E-state index in [9.17, 15) is 0 Å². The Morgan fingerprint density at radius 2 is 2.16 bits per heavy atom. The Morgan fingerprint density at radius 3 is 2.79 bits per heavy atom. The third kappa shape index (κ3) is 2.37. The fourth-order valence-corrected chi connectivity index (χ4v) is 4.17. The predicted octanol–water partition coefficient (Wildman–Crippen LogP) is 3.03. The lowest BCUT2D eigenvalue weighted by molar-refractivity contribution is 0.244. The molecule has 2 aliphatic rings. The van der Waals surface area contributed by atoms with E-state index in [2.05, 4.69) is 23.6 Å². The highest BCUT2D eigenvalue weighted by Crippen LogP contribution is 2.53. The third-order valence-electron chi connectivity index (χ3n) is 4.95. The quantitative estimate of drug-likeness (QED) is 0.632. The minimum atomic E-state index is 0.234. The topological polar surface area (TPSA) is 47.3 Å². The Labute approximate surface area is 115 Å². The van der Waals surface area contributed by atoms with Crippen molar-refractivity contribution in [2.45, 2.75) is 38.6 Å². The van der Waals surface area contributed by atoms with Crippen molar-refractivity contribution < 1.29 is 4.74 Å². The lowest BCUT2D eigenvalue weighted by atomic mass is 9.80. The summed E-state index contributed by atoms with van der Waals surface area (Å²) in [6, 6.07) is 8.55. The second-order valence-electron chi connectivity index (χ2n) is 5.95. The van der Waals surface area contributed by atoms with E-state index in [0.717, 1.165) is 17.6 Å². The summed E-state index contributed by atoms with van der Waals surface area (Å²) in [5.74, 6) is 9.31. The Balaban J connectivity index is 1.86. The van der Waals surface area contributed by atoms with E-state index < -0.39 is 0 Å². The van der Waals surface area contributed by atoms with E-state index in [1.165, 1.54) is 31.2 Å². The lowest BCUT2D eigenvalue weighted by Gasteiger charge is -2.31. The zero-order chi connectivity index (χ0) is 13.2. The van der Waals surface area contributed by atoms with Gasteiger partial charge in [-0.3, -0.25) is 11.3 Å². The van der Waals surface area contributed by atoms with Gasteiger partial charge in [0.25, 0.3) is 0 Å². The number of hydrogen-bond donors (Lipinski definition) is 2. The van der Waals surface area contributed by atoms with Crippen LogP contribution in [-0.2, 0) is 0 Å². The lowest BCUT2D eigenvalue weighted by Crippen LogP contribution is -2.36. The average molecular weight is 260 g/mol. The number of benzene rings is 1. The minimum absolute atomic E-state index is 0.234. The number of hydrogen-bond acceptors (Lipinski definition) is 3. The molecule has 3 nitrogen and oxygen atoms in total. The molecule has 0 heterocycles. The van der Waals surface area contributed by atoms with Crippen molar-refractivity contribution in [3.8, 4) is 5.75 Å². The Kier molecular flexibility index (Phi) is 3.76. The normalized spacial score (nSPS) is 30.5. The molecule has 0 aromatic heterocycles. The van der Waals surface area contributed by atoms with Crippen molar-refractivity contribution in [3.05, 3.63) is 29.8 Å². The summed E-state index contributed by atoms with van der Waals surface area (Å²) in [6.45, 7) is 2.73. The Bertz CT molecular complexity index is 435. The first kappa shape index (κ1) is 12.9. The van der Waals surface area contributed by atoms with E-state index in [-0.39, 0.29) is 6.04 Å². The fraction of sp³-hybridized carbons (Fsp3) is 0.625. The molecule has 1 aromatic rings. The molecule has 0 saturated heterocycles. The van der Waals surface area contributed by atoms with Gasteiger partial charge in [0.2, 0.25) is 0 Å². The van der Waals surface area contributed by atoms with Crippen LogP contribution in [0.15, 0.2) is 24.3 Å². The zero-order valence-corrected chi connectivity index (χ0v) is 11.6. The van der Waals surface area contributed by atoms with Crippen molar-refractivity contribution in [2.75, 3.05) is 6.61 Å². The maximum Gasteiger partial charge on any atom is 0.124 e. The zero-order valence-electron chi connectivity index (χ0n) is 11.6. The number of para-hydroxylation sites is 1. The van der Waals surface area contributed by atoms with Gasteiger partial charge in [0.15, 0.2) is 0 Å². The van der Waals surface area contributed by atoms with Crippen LogP contribution < -0.4 is 16.0 Å². The van der Waals surface area contributed by atoms with Gasteiger partial charge in [-0.05, 0) is 50.0 Å². The first-order chi connectivity index (χ1) is 9.33. The first-order valence-electron chi connectivity index (χ1n) is 7.51. The van der Waals surface area contributed by atoms with Crippen molar-refractivity contribution >= 4 is 0 Å². The summed E-state index contributed by atoms with van der Waals surface area (Å²) in [5.41, 5.74) is 4.29. The van der Waals surface area contributed by atoms with Gasteiger partial charge in [-0.1, -0.05) is 24.6 Å². The van der Waals surface area contributed by atoms with Crippen molar-refractivity contribution in [1.29, 1.82) is 0 Å². The second kappa shape index (κ2) is 5.51. The standard InChI is InChI=1S/C16H24N2O/c1-2-19-15-6-4-3-5-13(15)16(18-17)14-10-11-7-8-12(14)9-11/h3-6,11-12,14,16,18H,2,7-10,17H2,1H3. The van der Waals surface area contributed by atoms with E-state index in [1.54, 1.807) is 0 Å². The summed E-state index contributed by atoms with van der Waals surface area (Å²) in [4.78, 5) is 0. The van der Waals surface area contributed by atoms with E-state index >= 15 is 0 Å². The van der Waals surface area contributed by atoms with Crippen LogP contribution in [0.5, 0.6) is 5.75 Å². The molecule has 3 rings (SSSR count). The molecule has 1 aromatic carbocycles. The van der Waals surface area contributed by atoms with Crippen LogP contribution in [0.1, 0.15) is 44.2 Å². The number of nitrogens with two attached hydrogens (primary N) is 1. The molecule has 0 amide bonds. The van der Waals surface area contributed by atoms with Gasteiger partial charge in [-0.2, -0.15) is 0 Å². The molecular weight excluding hydrogens is 236 g/mol. The van der Waals surface area contributed by atoms with Gasteiger partial charge in [-0.25, -0.2) is 0 Å².